The van der Waals surface area contributed by atoms with Crippen molar-refractivity contribution >= 4 is 0 Å². The molecule has 0 aromatic heterocycles. The van der Waals surface area contributed by atoms with Crippen LogP contribution in [-0.2, 0) is 9.78 Å². The van der Waals surface area contributed by atoms with E-state index in [1.807, 2.05) is 20.8 Å². The van der Waals surface area contributed by atoms with E-state index in [0.717, 1.165) is 0 Å². The molecule has 1 unspecified atom stereocenters. The van der Waals surface area contributed by atoms with Crippen molar-refractivity contribution in [1.29, 1.82) is 0 Å². The maximum atomic E-state index is 9.04. The minimum absolute atomic E-state index is 0.406. The van der Waals surface area contributed by atoms with E-state index in [0.29, 0.717) is 5.57 Å². The lowest BCUT2D eigenvalue weighted by Gasteiger charge is -2.20. The molecule has 0 rings (SSSR count). The molecule has 0 saturated heterocycles. The number of hydrogen-bond donors (Lipinski definition) is 1. The first kappa shape index (κ1) is 10.6. The van der Waals surface area contributed by atoms with Gasteiger partial charge in [-0.15, -0.1) is 0 Å². The fraction of sp³-hybridized carbons (Fsp3) is 0.750. The first-order valence-electron chi connectivity index (χ1n) is 3.51. The van der Waals surface area contributed by atoms with Gasteiger partial charge in [0.1, 0.15) is 0 Å². The van der Waals surface area contributed by atoms with Crippen LogP contribution in [0, 0.1) is 0 Å². The van der Waals surface area contributed by atoms with Crippen LogP contribution in [0.3, 0.4) is 0 Å². The summed E-state index contributed by atoms with van der Waals surface area (Å²) in [6, 6.07) is 0. The molecule has 0 aliphatic heterocycles. The molecule has 3 nitrogen and oxygen atoms in total. The molecule has 0 spiro atoms. The van der Waals surface area contributed by atoms with Crippen LogP contribution < -0.4 is 0 Å². The molecule has 3 heteroatoms. The predicted octanol–water partition coefficient (Wildman–Crippen LogP) is 1.63. The lowest BCUT2D eigenvalue weighted by atomic mass is 10.2. The second kappa shape index (κ2) is 3.85. The Morgan fingerprint density at radius 1 is 1.45 bits per heavy atom. The third-order valence-corrected chi connectivity index (χ3v) is 0.811. The summed E-state index contributed by atoms with van der Waals surface area (Å²) in [7, 11) is 0. The zero-order valence-corrected chi connectivity index (χ0v) is 7.55. The quantitative estimate of drug-likeness (QED) is 0.295. The van der Waals surface area contributed by atoms with E-state index in [1.165, 1.54) is 0 Å². The fourth-order valence-corrected chi connectivity index (χ4v) is 0.272. The monoisotopic (exact) mass is 160 g/mol. The normalized spacial score (nSPS) is 14.6. The van der Waals surface area contributed by atoms with Crippen LogP contribution in [0.2, 0.25) is 0 Å². The number of aliphatic hydroxyl groups excluding tert-OH is 1. The smallest absolute Gasteiger partial charge is 0.210 e. The molecule has 0 aromatic rings. The maximum Gasteiger partial charge on any atom is 0.210 e. The van der Waals surface area contributed by atoms with Crippen LogP contribution in [-0.4, -0.2) is 17.0 Å². The van der Waals surface area contributed by atoms with E-state index < -0.39 is 11.9 Å². The van der Waals surface area contributed by atoms with Gasteiger partial charge in [0, 0.05) is 0 Å². The average Bonchev–Trinajstić information content (AvgIpc) is 1.80. The molecular formula is C8H16O3. The minimum Gasteiger partial charge on any atom is -0.362 e. The van der Waals surface area contributed by atoms with E-state index in [-0.39, 0.29) is 0 Å². The highest BCUT2D eigenvalue weighted by molar-refractivity contribution is 4.90. The summed E-state index contributed by atoms with van der Waals surface area (Å²) < 4.78 is 0. The second-order valence-electron chi connectivity index (χ2n) is 3.49. The largest absolute Gasteiger partial charge is 0.362 e. The van der Waals surface area contributed by atoms with Gasteiger partial charge in [-0.2, -0.15) is 4.89 Å². The molecule has 0 bridgehead atoms. The molecule has 0 amide bonds. The Bertz CT molecular complexity index is 135. The van der Waals surface area contributed by atoms with E-state index in [1.54, 1.807) is 6.92 Å². The van der Waals surface area contributed by atoms with Gasteiger partial charge in [0.2, 0.25) is 6.29 Å². The zero-order chi connectivity index (χ0) is 9.07. The van der Waals surface area contributed by atoms with Crippen LogP contribution in [0.25, 0.3) is 0 Å². The standard InChI is InChI=1S/C8H16O3/c1-6(2)7(9)10-11-8(3,4)5/h7,9H,1H2,2-5H3. The first-order chi connectivity index (χ1) is 4.83. The van der Waals surface area contributed by atoms with Crippen LogP contribution >= 0.6 is 0 Å². The average molecular weight is 160 g/mol. The Morgan fingerprint density at radius 2 is 1.91 bits per heavy atom. The Balaban J connectivity index is 3.63. The van der Waals surface area contributed by atoms with Crippen LogP contribution in [0.5, 0.6) is 0 Å². The fourth-order valence-electron chi connectivity index (χ4n) is 0.272. The number of hydrogen-bond acceptors (Lipinski definition) is 3. The van der Waals surface area contributed by atoms with Gasteiger partial charge < -0.3 is 5.11 Å². The Morgan fingerprint density at radius 3 is 2.18 bits per heavy atom. The van der Waals surface area contributed by atoms with E-state index >= 15 is 0 Å². The van der Waals surface area contributed by atoms with Crippen LogP contribution in [0.15, 0.2) is 12.2 Å². The predicted molar refractivity (Wildman–Crippen MR) is 42.7 cm³/mol. The highest BCUT2D eigenvalue weighted by atomic mass is 17.2. The van der Waals surface area contributed by atoms with Gasteiger partial charge in [-0.05, 0) is 33.3 Å². The lowest BCUT2D eigenvalue weighted by molar-refractivity contribution is -0.400. The summed E-state index contributed by atoms with van der Waals surface area (Å²) in [6.07, 6.45) is -1.03. The van der Waals surface area contributed by atoms with E-state index in [4.69, 9.17) is 9.99 Å². The van der Waals surface area contributed by atoms with Gasteiger partial charge in [0.15, 0.2) is 0 Å². The number of aliphatic hydroxyl groups is 1. The molecule has 0 aromatic carbocycles. The molecular weight excluding hydrogens is 144 g/mol. The van der Waals surface area contributed by atoms with Gasteiger partial charge in [-0.25, -0.2) is 4.89 Å². The van der Waals surface area contributed by atoms with Gasteiger partial charge in [-0.1, -0.05) is 6.58 Å². The first-order valence-corrected chi connectivity index (χ1v) is 3.51. The third-order valence-electron chi connectivity index (χ3n) is 0.811. The molecule has 11 heavy (non-hydrogen) atoms. The number of rotatable bonds is 3. The highest BCUT2D eigenvalue weighted by Crippen LogP contribution is 2.10. The maximum absolute atomic E-state index is 9.04. The zero-order valence-electron chi connectivity index (χ0n) is 7.55. The van der Waals surface area contributed by atoms with E-state index in [9.17, 15) is 0 Å². The van der Waals surface area contributed by atoms with Crippen LogP contribution in [0.4, 0.5) is 0 Å². The van der Waals surface area contributed by atoms with Gasteiger partial charge in [0.25, 0.3) is 0 Å². The Hall–Kier alpha value is -0.380. The summed E-state index contributed by atoms with van der Waals surface area (Å²) in [5.74, 6) is 0. The van der Waals surface area contributed by atoms with E-state index in [2.05, 4.69) is 11.5 Å². The minimum atomic E-state index is -1.03. The summed E-state index contributed by atoms with van der Waals surface area (Å²) >= 11 is 0. The van der Waals surface area contributed by atoms with Gasteiger partial charge in [0.05, 0.1) is 5.60 Å². The molecule has 1 N–H and O–H groups in total. The van der Waals surface area contributed by atoms with Crippen molar-refractivity contribution in [3.8, 4) is 0 Å². The van der Waals surface area contributed by atoms with Crippen LogP contribution in [0.1, 0.15) is 27.7 Å². The second-order valence-corrected chi connectivity index (χ2v) is 3.49. The van der Waals surface area contributed by atoms with Crippen molar-refractivity contribution in [2.75, 3.05) is 0 Å². The topological polar surface area (TPSA) is 38.7 Å². The molecule has 66 valence electrons. The summed E-state index contributed by atoms with van der Waals surface area (Å²) in [5.41, 5.74) is 0.116. The third kappa shape index (κ3) is 6.04. The van der Waals surface area contributed by atoms with Crippen molar-refractivity contribution < 1.29 is 14.9 Å². The molecule has 0 radical (unpaired) electrons. The lowest BCUT2D eigenvalue weighted by Crippen LogP contribution is -2.24. The molecule has 0 heterocycles. The van der Waals surface area contributed by atoms with Crippen molar-refractivity contribution in [3.63, 3.8) is 0 Å². The molecule has 0 aliphatic rings. The van der Waals surface area contributed by atoms with Gasteiger partial charge in [-0.3, -0.25) is 0 Å². The van der Waals surface area contributed by atoms with Crippen molar-refractivity contribution in [2.24, 2.45) is 0 Å². The summed E-state index contributed by atoms with van der Waals surface area (Å²) in [4.78, 5) is 9.47. The molecule has 0 aliphatic carbocycles. The van der Waals surface area contributed by atoms with Crippen molar-refractivity contribution in [1.82, 2.24) is 0 Å². The van der Waals surface area contributed by atoms with Crippen molar-refractivity contribution in [2.45, 2.75) is 39.6 Å². The molecule has 0 saturated carbocycles. The van der Waals surface area contributed by atoms with Gasteiger partial charge >= 0.3 is 0 Å². The van der Waals surface area contributed by atoms with Crippen molar-refractivity contribution in [3.05, 3.63) is 12.2 Å². The highest BCUT2D eigenvalue weighted by Gasteiger charge is 2.14. The Kier molecular flexibility index (Phi) is 3.72. The molecule has 0 fully saturated rings. The molecule has 1 atom stereocenters. The summed E-state index contributed by atoms with van der Waals surface area (Å²) in [5, 5.41) is 9.04. The SMILES string of the molecule is C=C(C)C(O)OOC(C)(C)C. The Labute approximate surface area is 67.6 Å². The summed E-state index contributed by atoms with van der Waals surface area (Å²) in [6.45, 7) is 10.7.